The lowest BCUT2D eigenvalue weighted by molar-refractivity contribution is -0.142. The standard InChI is InChI=1S/C24H36N4O4/c1-5-19(9-7-8-12-29)27-23-20(16(3)26-24(25)28-23)15-18-11-10-17(13-21(18)31-4)14-22(30)32-6-2/h10-11,13,19,29H,5-9,12,14-15H2,1-4H3,(H3,25,26,27,28). The molecule has 0 amide bonds. The molecule has 1 unspecified atom stereocenters. The summed E-state index contributed by atoms with van der Waals surface area (Å²) in [6.07, 6.45) is 4.35. The molecule has 0 fully saturated rings. The molecule has 0 aliphatic rings. The monoisotopic (exact) mass is 444 g/mol. The summed E-state index contributed by atoms with van der Waals surface area (Å²) in [5.74, 6) is 1.39. The minimum atomic E-state index is -0.261. The molecule has 1 aromatic heterocycles. The van der Waals surface area contributed by atoms with E-state index in [0.717, 1.165) is 53.9 Å². The number of rotatable bonds is 13. The number of carbonyl (C=O) groups is 1. The van der Waals surface area contributed by atoms with Crippen LogP contribution in [0.5, 0.6) is 5.75 Å². The van der Waals surface area contributed by atoms with Crippen LogP contribution in [0.25, 0.3) is 0 Å². The highest BCUT2D eigenvalue weighted by molar-refractivity contribution is 5.72. The second kappa shape index (κ2) is 12.9. The SMILES string of the molecule is CCOC(=O)Cc1ccc(Cc2c(C)nc(N)nc2NC(CC)CCCCO)c(OC)c1. The van der Waals surface area contributed by atoms with Crippen molar-refractivity contribution >= 4 is 17.7 Å². The Bertz CT molecular complexity index is 889. The number of nitrogens with one attached hydrogen (secondary N) is 1. The van der Waals surface area contributed by atoms with Crippen LogP contribution in [0, 0.1) is 6.92 Å². The summed E-state index contributed by atoms with van der Waals surface area (Å²) in [6.45, 7) is 6.40. The van der Waals surface area contributed by atoms with Gasteiger partial charge in [-0.25, -0.2) is 4.98 Å². The average molecular weight is 445 g/mol. The molecule has 0 radical (unpaired) electrons. The van der Waals surface area contributed by atoms with Crippen molar-refractivity contribution in [3.8, 4) is 5.75 Å². The number of carbonyl (C=O) groups excluding carboxylic acids is 1. The Balaban J connectivity index is 2.28. The maximum Gasteiger partial charge on any atom is 0.310 e. The fourth-order valence-corrected chi connectivity index (χ4v) is 3.64. The molecule has 0 saturated heterocycles. The van der Waals surface area contributed by atoms with Crippen LogP contribution in [0.2, 0.25) is 0 Å². The van der Waals surface area contributed by atoms with Crippen LogP contribution in [0.15, 0.2) is 18.2 Å². The van der Waals surface area contributed by atoms with E-state index in [4.69, 9.17) is 20.3 Å². The Morgan fingerprint density at radius 1 is 1.25 bits per heavy atom. The Morgan fingerprint density at radius 3 is 2.69 bits per heavy atom. The van der Waals surface area contributed by atoms with Crippen molar-refractivity contribution in [3.05, 3.63) is 40.6 Å². The van der Waals surface area contributed by atoms with E-state index < -0.39 is 0 Å². The van der Waals surface area contributed by atoms with E-state index in [9.17, 15) is 4.79 Å². The number of methoxy groups -OCH3 is 1. The number of anilines is 2. The molecule has 32 heavy (non-hydrogen) atoms. The molecular formula is C24H36N4O4. The van der Waals surface area contributed by atoms with Gasteiger partial charge < -0.3 is 25.6 Å². The van der Waals surface area contributed by atoms with Gasteiger partial charge in [0.15, 0.2) is 0 Å². The van der Waals surface area contributed by atoms with E-state index in [0.29, 0.717) is 18.8 Å². The van der Waals surface area contributed by atoms with E-state index in [2.05, 4.69) is 22.2 Å². The zero-order chi connectivity index (χ0) is 23.5. The Labute approximate surface area is 190 Å². The number of aliphatic hydroxyl groups excluding tert-OH is 1. The van der Waals surface area contributed by atoms with Crippen molar-refractivity contribution < 1.29 is 19.4 Å². The van der Waals surface area contributed by atoms with Crippen LogP contribution < -0.4 is 15.8 Å². The number of nitrogen functional groups attached to an aromatic ring is 1. The Kier molecular flexibility index (Phi) is 10.2. The molecule has 8 nitrogen and oxygen atoms in total. The third-order valence-corrected chi connectivity index (χ3v) is 5.40. The summed E-state index contributed by atoms with van der Waals surface area (Å²) in [5, 5.41) is 12.6. The molecule has 0 spiro atoms. The summed E-state index contributed by atoms with van der Waals surface area (Å²) in [7, 11) is 1.62. The van der Waals surface area contributed by atoms with Crippen LogP contribution in [0.4, 0.5) is 11.8 Å². The molecule has 0 saturated carbocycles. The van der Waals surface area contributed by atoms with Crippen molar-refractivity contribution in [3.63, 3.8) is 0 Å². The normalized spacial score (nSPS) is 11.8. The van der Waals surface area contributed by atoms with E-state index in [1.807, 2.05) is 25.1 Å². The molecule has 0 bridgehead atoms. The largest absolute Gasteiger partial charge is 0.496 e. The minimum Gasteiger partial charge on any atom is -0.496 e. The van der Waals surface area contributed by atoms with E-state index >= 15 is 0 Å². The Morgan fingerprint density at radius 2 is 2.03 bits per heavy atom. The molecule has 2 aromatic rings. The second-order valence-electron chi connectivity index (χ2n) is 7.77. The molecule has 1 aromatic carbocycles. The number of aliphatic hydroxyl groups is 1. The zero-order valence-corrected chi connectivity index (χ0v) is 19.6. The van der Waals surface area contributed by atoms with Crippen LogP contribution >= 0.6 is 0 Å². The Hall–Kier alpha value is -2.87. The number of hydrogen-bond donors (Lipinski definition) is 3. The van der Waals surface area contributed by atoms with Gasteiger partial charge in [0.25, 0.3) is 0 Å². The number of ether oxygens (including phenoxy) is 2. The lowest BCUT2D eigenvalue weighted by Gasteiger charge is -2.21. The van der Waals surface area contributed by atoms with Gasteiger partial charge in [0.05, 0.1) is 20.1 Å². The predicted octanol–water partition coefficient (Wildman–Crippen LogP) is 3.43. The maximum absolute atomic E-state index is 11.8. The zero-order valence-electron chi connectivity index (χ0n) is 19.6. The summed E-state index contributed by atoms with van der Waals surface area (Å²) >= 11 is 0. The minimum absolute atomic E-state index is 0.202. The maximum atomic E-state index is 11.8. The molecule has 0 aliphatic carbocycles. The number of aryl methyl sites for hydroxylation is 1. The van der Waals surface area contributed by atoms with Crippen LogP contribution in [-0.4, -0.2) is 47.4 Å². The molecule has 1 heterocycles. The van der Waals surface area contributed by atoms with Crippen LogP contribution in [0.3, 0.4) is 0 Å². The summed E-state index contributed by atoms with van der Waals surface area (Å²) < 4.78 is 10.6. The first-order valence-electron chi connectivity index (χ1n) is 11.2. The number of unbranched alkanes of at least 4 members (excludes halogenated alkanes) is 1. The predicted molar refractivity (Wildman–Crippen MR) is 126 cm³/mol. The van der Waals surface area contributed by atoms with Gasteiger partial charge in [0.2, 0.25) is 5.95 Å². The van der Waals surface area contributed by atoms with E-state index in [-0.39, 0.29) is 31.0 Å². The fraction of sp³-hybridized carbons (Fsp3) is 0.542. The van der Waals surface area contributed by atoms with Gasteiger partial charge >= 0.3 is 5.97 Å². The molecule has 0 aliphatic heterocycles. The number of nitrogens with zero attached hydrogens (tertiary/aromatic N) is 2. The van der Waals surface area contributed by atoms with Crippen molar-refractivity contribution in [2.24, 2.45) is 0 Å². The molecule has 4 N–H and O–H groups in total. The van der Waals surface area contributed by atoms with Gasteiger partial charge in [-0.1, -0.05) is 19.1 Å². The lowest BCUT2D eigenvalue weighted by Crippen LogP contribution is -2.21. The number of nitrogens with two attached hydrogens (primary N) is 1. The topological polar surface area (TPSA) is 120 Å². The van der Waals surface area contributed by atoms with Gasteiger partial charge in [-0.05, 0) is 56.7 Å². The van der Waals surface area contributed by atoms with Gasteiger partial charge in [-0.2, -0.15) is 4.98 Å². The van der Waals surface area contributed by atoms with Crippen molar-refractivity contribution in [2.45, 2.75) is 65.3 Å². The summed E-state index contributed by atoms with van der Waals surface area (Å²) in [4.78, 5) is 20.7. The number of hydrogen-bond acceptors (Lipinski definition) is 8. The average Bonchev–Trinajstić information content (AvgIpc) is 2.76. The van der Waals surface area contributed by atoms with Crippen molar-refractivity contribution in [2.75, 3.05) is 31.4 Å². The fourth-order valence-electron chi connectivity index (χ4n) is 3.64. The quantitative estimate of drug-likeness (QED) is 0.318. The van der Waals surface area contributed by atoms with Crippen LogP contribution in [0.1, 0.15) is 61.9 Å². The lowest BCUT2D eigenvalue weighted by atomic mass is 10.00. The third kappa shape index (κ3) is 7.37. The smallest absolute Gasteiger partial charge is 0.310 e. The molecule has 1 atom stereocenters. The molecule has 8 heteroatoms. The van der Waals surface area contributed by atoms with E-state index in [1.165, 1.54) is 0 Å². The van der Waals surface area contributed by atoms with E-state index in [1.54, 1.807) is 14.0 Å². The van der Waals surface area contributed by atoms with Crippen molar-refractivity contribution in [1.82, 2.24) is 9.97 Å². The highest BCUT2D eigenvalue weighted by Crippen LogP contribution is 2.28. The highest BCUT2D eigenvalue weighted by atomic mass is 16.5. The molecular weight excluding hydrogens is 408 g/mol. The molecule has 2 rings (SSSR count). The first kappa shape index (κ1) is 25.4. The van der Waals surface area contributed by atoms with Crippen molar-refractivity contribution in [1.29, 1.82) is 0 Å². The first-order chi connectivity index (χ1) is 15.4. The highest BCUT2D eigenvalue weighted by Gasteiger charge is 2.17. The first-order valence-corrected chi connectivity index (χ1v) is 11.2. The summed E-state index contributed by atoms with van der Waals surface area (Å²) in [5.41, 5.74) is 9.51. The van der Waals surface area contributed by atoms with Gasteiger partial charge in [-0.3, -0.25) is 4.79 Å². The van der Waals surface area contributed by atoms with Gasteiger partial charge in [-0.15, -0.1) is 0 Å². The summed E-state index contributed by atoms with van der Waals surface area (Å²) in [6, 6.07) is 5.98. The number of benzene rings is 1. The second-order valence-corrected chi connectivity index (χ2v) is 7.77. The number of aromatic nitrogens is 2. The van der Waals surface area contributed by atoms with Crippen LogP contribution in [-0.2, 0) is 22.4 Å². The molecule has 176 valence electrons. The third-order valence-electron chi connectivity index (χ3n) is 5.40. The van der Waals surface area contributed by atoms with Gasteiger partial charge in [0, 0.05) is 30.3 Å². The van der Waals surface area contributed by atoms with Gasteiger partial charge in [0.1, 0.15) is 11.6 Å². The number of esters is 1.